The van der Waals surface area contributed by atoms with Crippen LogP contribution in [0.2, 0.25) is 0 Å². The summed E-state index contributed by atoms with van der Waals surface area (Å²) >= 11 is 0. The van der Waals surface area contributed by atoms with Crippen molar-refractivity contribution >= 4 is 28.5 Å². The molecule has 3 aromatic rings. The van der Waals surface area contributed by atoms with E-state index in [2.05, 4.69) is 10.3 Å². The highest BCUT2D eigenvalue weighted by Gasteiger charge is 2.45. The molecular weight excluding hydrogens is 533 g/mol. The van der Waals surface area contributed by atoms with Crippen LogP contribution in [0.1, 0.15) is 79.5 Å². The van der Waals surface area contributed by atoms with Gasteiger partial charge >= 0.3 is 0 Å². The maximum atomic E-state index is 14.5. The van der Waals surface area contributed by atoms with Crippen LogP contribution in [0.4, 0.5) is 4.39 Å². The molecule has 2 bridgehead atoms. The number of carbonyl (C=O) groups excluding carboxylic acids is 3. The van der Waals surface area contributed by atoms with Gasteiger partial charge in [-0.2, -0.15) is 0 Å². The molecule has 0 radical (unpaired) electrons. The molecule has 5 heterocycles. The molecule has 4 fully saturated rings. The Kier molecular flexibility index (Phi) is 6.88. The molecule has 1 aromatic carbocycles. The average Bonchev–Trinajstić information content (AvgIpc) is 3.80. The molecule has 5 unspecified atom stereocenters. The number of ketones is 1. The van der Waals surface area contributed by atoms with Crippen LogP contribution >= 0.6 is 0 Å². The highest BCUT2D eigenvalue weighted by Crippen LogP contribution is 2.37. The lowest BCUT2D eigenvalue weighted by molar-refractivity contribution is -0.135. The summed E-state index contributed by atoms with van der Waals surface area (Å²) < 4.78 is 16.4. The molecule has 0 spiro atoms. The number of Topliss-reactive ketones (excluding diaryl/α,β-unsaturated/α-hetero) is 1. The van der Waals surface area contributed by atoms with Gasteiger partial charge in [-0.1, -0.05) is 0 Å². The van der Waals surface area contributed by atoms with Crippen molar-refractivity contribution in [3.63, 3.8) is 0 Å². The number of piperidine rings is 2. The van der Waals surface area contributed by atoms with Crippen LogP contribution in [0, 0.1) is 17.7 Å². The van der Waals surface area contributed by atoms with Crippen LogP contribution < -0.4 is 5.32 Å². The Hall–Kier alpha value is -3.59. The summed E-state index contributed by atoms with van der Waals surface area (Å²) in [5.74, 6) is -0.216. The third-order valence-corrected chi connectivity index (χ3v) is 10.3. The highest BCUT2D eigenvalue weighted by molar-refractivity contribution is 6.10. The SMILES string of the molecule is CC1CCC(C)N1C(=O)c1cc(F)ccc1-n1cc(C(=O)C2CCN(C(=O)C3NC4CCC3C4)CC2)c2ccncc21. The van der Waals surface area contributed by atoms with Crippen LogP contribution in [-0.2, 0) is 4.79 Å². The third-order valence-electron chi connectivity index (χ3n) is 10.3. The number of nitrogens with one attached hydrogen (secondary N) is 1. The number of rotatable bonds is 5. The molecule has 2 aromatic heterocycles. The van der Waals surface area contributed by atoms with E-state index in [0.717, 1.165) is 37.5 Å². The number of likely N-dealkylation sites (tertiary alicyclic amines) is 2. The Balaban J connectivity index is 1.16. The molecule has 5 atom stereocenters. The minimum absolute atomic E-state index is 0.0341. The Morgan fingerprint density at radius 3 is 2.40 bits per heavy atom. The second kappa shape index (κ2) is 10.6. The van der Waals surface area contributed by atoms with Crippen LogP contribution in [0.5, 0.6) is 0 Å². The molecule has 4 aliphatic rings. The Bertz CT molecular complexity index is 1550. The lowest BCUT2D eigenvalue weighted by Crippen LogP contribution is -2.51. The minimum atomic E-state index is -0.477. The summed E-state index contributed by atoms with van der Waals surface area (Å²) in [5, 5.41) is 4.26. The molecule has 3 saturated heterocycles. The van der Waals surface area contributed by atoms with Gasteiger partial charge in [-0.05, 0) is 89.0 Å². The number of aromatic nitrogens is 2. The monoisotopic (exact) mass is 571 g/mol. The van der Waals surface area contributed by atoms with Gasteiger partial charge in [-0.25, -0.2) is 4.39 Å². The lowest BCUT2D eigenvalue weighted by atomic mass is 9.88. The van der Waals surface area contributed by atoms with Crippen molar-refractivity contribution in [2.24, 2.45) is 11.8 Å². The number of hydrogen-bond acceptors (Lipinski definition) is 5. The van der Waals surface area contributed by atoms with Crippen molar-refractivity contribution < 1.29 is 18.8 Å². The molecule has 3 aliphatic heterocycles. The second-order valence-electron chi connectivity index (χ2n) is 12.8. The Morgan fingerprint density at radius 2 is 1.71 bits per heavy atom. The van der Waals surface area contributed by atoms with Crippen molar-refractivity contribution in [3.8, 4) is 5.69 Å². The molecule has 7 rings (SSSR count). The second-order valence-corrected chi connectivity index (χ2v) is 12.8. The van der Waals surface area contributed by atoms with Gasteiger partial charge in [0.2, 0.25) is 5.91 Å². The van der Waals surface area contributed by atoms with Gasteiger partial charge in [-0.3, -0.25) is 19.4 Å². The normalized spacial score (nSPS) is 27.7. The van der Waals surface area contributed by atoms with Gasteiger partial charge in [0.15, 0.2) is 5.78 Å². The molecule has 42 heavy (non-hydrogen) atoms. The average molecular weight is 572 g/mol. The summed E-state index contributed by atoms with van der Waals surface area (Å²) in [6.07, 6.45) is 11.6. The van der Waals surface area contributed by atoms with Gasteiger partial charge in [0.25, 0.3) is 5.91 Å². The van der Waals surface area contributed by atoms with Crippen molar-refractivity contribution in [1.82, 2.24) is 24.7 Å². The van der Waals surface area contributed by atoms with E-state index in [4.69, 9.17) is 0 Å². The Morgan fingerprint density at radius 1 is 0.952 bits per heavy atom. The van der Waals surface area contributed by atoms with Crippen LogP contribution in [0.15, 0.2) is 42.9 Å². The number of amides is 2. The molecule has 2 amide bonds. The number of benzene rings is 1. The number of fused-ring (bicyclic) bond motifs is 3. The van der Waals surface area contributed by atoms with Crippen molar-refractivity contribution in [2.75, 3.05) is 13.1 Å². The zero-order valence-electron chi connectivity index (χ0n) is 24.3. The zero-order chi connectivity index (χ0) is 29.1. The fourth-order valence-electron chi connectivity index (χ4n) is 8.01. The number of nitrogens with zero attached hydrogens (tertiary/aromatic N) is 4. The first-order valence-electron chi connectivity index (χ1n) is 15.5. The first kappa shape index (κ1) is 27.3. The first-order valence-corrected chi connectivity index (χ1v) is 15.5. The summed E-state index contributed by atoms with van der Waals surface area (Å²) in [6, 6.07) is 6.65. The maximum absolute atomic E-state index is 14.5. The van der Waals surface area contributed by atoms with E-state index in [-0.39, 0.29) is 47.2 Å². The summed E-state index contributed by atoms with van der Waals surface area (Å²) in [7, 11) is 0. The van der Waals surface area contributed by atoms with Gasteiger partial charge in [0.05, 0.1) is 29.0 Å². The minimum Gasteiger partial charge on any atom is -0.341 e. The van der Waals surface area contributed by atoms with Gasteiger partial charge in [0, 0.05) is 60.5 Å². The predicted molar refractivity (Wildman–Crippen MR) is 157 cm³/mol. The molecule has 9 heteroatoms. The molecule has 1 saturated carbocycles. The summed E-state index contributed by atoms with van der Waals surface area (Å²) in [6.45, 7) is 5.21. The van der Waals surface area contributed by atoms with E-state index in [1.807, 2.05) is 34.3 Å². The van der Waals surface area contributed by atoms with Crippen LogP contribution in [0.3, 0.4) is 0 Å². The van der Waals surface area contributed by atoms with Gasteiger partial charge < -0.3 is 19.7 Å². The molecule has 1 aliphatic carbocycles. The van der Waals surface area contributed by atoms with E-state index < -0.39 is 5.82 Å². The first-order chi connectivity index (χ1) is 20.3. The zero-order valence-corrected chi connectivity index (χ0v) is 24.3. The standard InChI is InChI=1S/C33H38FN5O3/c1-19-3-4-20(2)39(19)32(41)26-16-23(34)6-8-28(26)38-18-27(25-9-12-35-17-29(25)38)31(40)21-10-13-37(14-11-21)33(42)30-22-5-7-24(15-22)36-30/h6,8-9,12,16-22,24,30,36H,3-5,7,10-11,13-15H2,1-2H3. The molecular formula is C33H38FN5O3. The summed E-state index contributed by atoms with van der Waals surface area (Å²) in [4.78, 5) is 49.1. The van der Waals surface area contributed by atoms with Crippen molar-refractivity contribution in [3.05, 3.63) is 59.8 Å². The third kappa shape index (κ3) is 4.53. The van der Waals surface area contributed by atoms with Crippen LogP contribution in [-0.4, -0.2) is 74.2 Å². The largest absolute Gasteiger partial charge is 0.341 e. The topological polar surface area (TPSA) is 87.5 Å². The fraction of sp³-hybridized carbons (Fsp3) is 0.515. The number of pyridine rings is 1. The van der Waals surface area contributed by atoms with E-state index >= 15 is 0 Å². The van der Waals surface area contributed by atoms with Crippen molar-refractivity contribution in [2.45, 2.75) is 83.0 Å². The fourth-order valence-corrected chi connectivity index (χ4v) is 8.01. The number of hydrogen-bond donors (Lipinski definition) is 1. The number of carbonyl (C=O) groups is 3. The predicted octanol–water partition coefficient (Wildman–Crippen LogP) is 4.74. The van der Waals surface area contributed by atoms with Gasteiger partial charge in [-0.15, -0.1) is 0 Å². The Labute approximate surface area is 245 Å². The van der Waals surface area contributed by atoms with E-state index in [1.165, 1.54) is 12.1 Å². The molecule has 1 N–H and O–H groups in total. The summed E-state index contributed by atoms with van der Waals surface area (Å²) in [5.41, 5.74) is 2.07. The van der Waals surface area contributed by atoms with Gasteiger partial charge in [0.1, 0.15) is 5.82 Å². The number of halogens is 1. The van der Waals surface area contributed by atoms with Crippen LogP contribution in [0.25, 0.3) is 16.6 Å². The van der Waals surface area contributed by atoms with E-state index in [9.17, 15) is 18.8 Å². The van der Waals surface area contributed by atoms with Crippen molar-refractivity contribution in [1.29, 1.82) is 0 Å². The maximum Gasteiger partial charge on any atom is 0.256 e. The quantitative estimate of drug-likeness (QED) is 0.447. The molecule has 220 valence electrons. The lowest BCUT2D eigenvalue weighted by Gasteiger charge is -2.35. The van der Waals surface area contributed by atoms with E-state index in [0.29, 0.717) is 54.7 Å². The smallest absolute Gasteiger partial charge is 0.256 e. The van der Waals surface area contributed by atoms with E-state index in [1.54, 1.807) is 24.7 Å². The molecule has 8 nitrogen and oxygen atoms in total. The highest BCUT2D eigenvalue weighted by atomic mass is 19.1.